The first-order chi connectivity index (χ1) is 11.9. The summed E-state index contributed by atoms with van der Waals surface area (Å²) in [5, 5.41) is 0. The zero-order valence-corrected chi connectivity index (χ0v) is 15.4. The molecule has 0 amide bonds. The molecule has 0 radical (unpaired) electrons. The summed E-state index contributed by atoms with van der Waals surface area (Å²) in [5.74, 6) is -1.09. The highest BCUT2D eigenvalue weighted by atomic mass is 16.8. The van der Waals surface area contributed by atoms with E-state index in [0.29, 0.717) is 13.2 Å². The molecule has 5 heteroatoms. The van der Waals surface area contributed by atoms with E-state index in [-0.39, 0.29) is 30.5 Å². The number of esters is 1. The van der Waals surface area contributed by atoms with Gasteiger partial charge in [-0.05, 0) is 26.3 Å². The molecular weight excluding hydrogens is 320 g/mol. The van der Waals surface area contributed by atoms with Crippen molar-refractivity contribution in [3.8, 4) is 0 Å². The van der Waals surface area contributed by atoms with E-state index in [1.165, 1.54) is 7.11 Å². The van der Waals surface area contributed by atoms with Gasteiger partial charge in [0.1, 0.15) is 6.10 Å². The van der Waals surface area contributed by atoms with Crippen molar-refractivity contribution in [2.45, 2.75) is 51.8 Å². The third-order valence-corrected chi connectivity index (χ3v) is 4.11. The molecule has 3 atom stereocenters. The lowest BCUT2D eigenvalue weighted by Crippen LogP contribution is -2.35. The van der Waals surface area contributed by atoms with E-state index in [0.717, 1.165) is 5.56 Å². The summed E-state index contributed by atoms with van der Waals surface area (Å²) in [6.07, 6.45) is 3.63. The maximum atomic E-state index is 11.7. The molecule has 1 unspecified atom stereocenters. The largest absolute Gasteiger partial charge is 0.469 e. The van der Waals surface area contributed by atoms with Gasteiger partial charge < -0.3 is 18.9 Å². The molecule has 1 aromatic rings. The van der Waals surface area contributed by atoms with Crippen LogP contribution in [-0.2, 0) is 30.3 Å². The highest BCUT2D eigenvalue weighted by molar-refractivity contribution is 5.69. The molecule has 5 nitrogen and oxygen atoms in total. The van der Waals surface area contributed by atoms with Crippen LogP contribution in [0.15, 0.2) is 42.5 Å². The SMILES string of the molecule is C/C=C/C(CC(=O)OC)[C@@H]1OC(C)(C)O[C@H]1COCc1ccccc1. The number of ether oxygens (including phenoxy) is 4. The van der Waals surface area contributed by atoms with Gasteiger partial charge in [-0.15, -0.1) is 0 Å². The van der Waals surface area contributed by atoms with Crippen molar-refractivity contribution in [2.24, 2.45) is 5.92 Å². The predicted molar refractivity (Wildman–Crippen MR) is 94.9 cm³/mol. The molecule has 0 saturated carbocycles. The minimum absolute atomic E-state index is 0.121. The van der Waals surface area contributed by atoms with E-state index in [1.807, 2.05) is 63.3 Å². The molecule has 1 aromatic carbocycles. The van der Waals surface area contributed by atoms with Crippen molar-refractivity contribution in [1.82, 2.24) is 0 Å². The summed E-state index contributed by atoms with van der Waals surface area (Å²) in [7, 11) is 1.39. The Morgan fingerprint density at radius 3 is 2.64 bits per heavy atom. The van der Waals surface area contributed by atoms with Gasteiger partial charge in [0, 0.05) is 5.92 Å². The molecule has 138 valence electrons. The van der Waals surface area contributed by atoms with Crippen LogP contribution in [0.2, 0.25) is 0 Å². The number of carbonyl (C=O) groups excluding carboxylic acids is 1. The second kappa shape index (κ2) is 9.13. The molecule has 1 aliphatic rings. The first kappa shape index (κ1) is 19.6. The van der Waals surface area contributed by atoms with Crippen LogP contribution in [0, 0.1) is 5.92 Å². The van der Waals surface area contributed by atoms with Gasteiger partial charge in [-0.2, -0.15) is 0 Å². The third-order valence-electron chi connectivity index (χ3n) is 4.11. The molecule has 1 heterocycles. The Labute approximate surface area is 149 Å². The van der Waals surface area contributed by atoms with Crippen LogP contribution in [-0.4, -0.2) is 37.7 Å². The number of allylic oxidation sites excluding steroid dienone is 1. The molecule has 0 N–H and O–H groups in total. The first-order valence-electron chi connectivity index (χ1n) is 8.62. The molecule has 0 spiro atoms. The Balaban J connectivity index is 2.01. The minimum atomic E-state index is -0.707. The summed E-state index contributed by atoms with van der Waals surface area (Å²) < 4.78 is 22.7. The first-order valence-corrected chi connectivity index (χ1v) is 8.62. The summed E-state index contributed by atoms with van der Waals surface area (Å²) >= 11 is 0. The predicted octanol–water partition coefficient (Wildman–Crippen LogP) is 3.48. The summed E-state index contributed by atoms with van der Waals surface area (Å²) in [6.45, 7) is 6.59. The standard InChI is InChI=1S/C20H28O5/c1-5-9-16(12-18(21)22-4)19-17(24-20(2,3)25-19)14-23-13-15-10-7-6-8-11-15/h5-11,16-17,19H,12-14H2,1-4H3/b9-5+/t16?,17-,19-/m0/s1. The second-order valence-electron chi connectivity index (χ2n) is 6.61. The topological polar surface area (TPSA) is 54.0 Å². The van der Waals surface area contributed by atoms with Crippen LogP contribution >= 0.6 is 0 Å². The molecule has 1 saturated heterocycles. The van der Waals surface area contributed by atoms with Crippen LogP contribution in [0.1, 0.15) is 32.8 Å². The van der Waals surface area contributed by atoms with Gasteiger partial charge in [-0.3, -0.25) is 4.79 Å². The number of hydrogen-bond acceptors (Lipinski definition) is 5. The number of hydrogen-bond donors (Lipinski definition) is 0. The number of methoxy groups -OCH3 is 1. The van der Waals surface area contributed by atoms with Crippen LogP contribution in [0.3, 0.4) is 0 Å². The van der Waals surface area contributed by atoms with E-state index < -0.39 is 5.79 Å². The zero-order valence-electron chi connectivity index (χ0n) is 15.4. The highest BCUT2D eigenvalue weighted by Crippen LogP contribution is 2.34. The Bertz CT molecular complexity index is 567. The van der Waals surface area contributed by atoms with Gasteiger partial charge in [-0.25, -0.2) is 0 Å². The summed E-state index contributed by atoms with van der Waals surface area (Å²) in [5.41, 5.74) is 1.11. The summed E-state index contributed by atoms with van der Waals surface area (Å²) in [6, 6.07) is 9.99. The van der Waals surface area contributed by atoms with E-state index in [9.17, 15) is 4.79 Å². The molecular formula is C20H28O5. The average Bonchev–Trinajstić information content (AvgIpc) is 2.90. The van der Waals surface area contributed by atoms with Gasteiger partial charge in [0.2, 0.25) is 0 Å². The zero-order chi connectivity index (χ0) is 18.3. The number of carbonyl (C=O) groups is 1. The maximum absolute atomic E-state index is 11.7. The van der Waals surface area contributed by atoms with Gasteiger partial charge in [0.25, 0.3) is 0 Å². The average molecular weight is 348 g/mol. The van der Waals surface area contributed by atoms with Crippen molar-refractivity contribution in [3.05, 3.63) is 48.0 Å². The Morgan fingerprint density at radius 2 is 2.00 bits per heavy atom. The minimum Gasteiger partial charge on any atom is -0.469 e. The van der Waals surface area contributed by atoms with E-state index >= 15 is 0 Å². The molecule has 1 aliphatic heterocycles. The fourth-order valence-electron chi connectivity index (χ4n) is 3.04. The van der Waals surface area contributed by atoms with Gasteiger partial charge in [0.05, 0.1) is 32.8 Å². The van der Waals surface area contributed by atoms with Gasteiger partial charge in [-0.1, -0.05) is 42.5 Å². The van der Waals surface area contributed by atoms with Crippen LogP contribution in [0.5, 0.6) is 0 Å². The lowest BCUT2D eigenvalue weighted by Gasteiger charge is -2.23. The van der Waals surface area contributed by atoms with Gasteiger partial charge in [0.15, 0.2) is 5.79 Å². The van der Waals surface area contributed by atoms with Crippen LogP contribution < -0.4 is 0 Å². The monoisotopic (exact) mass is 348 g/mol. The Hall–Kier alpha value is -1.69. The lowest BCUT2D eigenvalue weighted by atomic mass is 9.94. The second-order valence-corrected chi connectivity index (χ2v) is 6.61. The fraction of sp³-hybridized carbons (Fsp3) is 0.550. The van der Waals surface area contributed by atoms with Crippen molar-refractivity contribution >= 4 is 5.97 Å². The van der Waals surface area contributed by atoms with Crippen LogP contribution in [0.4, 0.5) is 0 Å². The lowest BCUT2D eigenvalue weighted by molar-refractivity contribution is -0.156. The summed E-state index contributed by atoms with van der Waals surface area (Å²) in [4.78, 5) is 11.7. The smallest absolute Gasteiger partial charge is 0.306 e. The molecule has 0 bridgehead atoms. The van der Waals surface area contributed by atoms with Crippen molar-refractivity contribution in [2.75, 3.05) is 13.7 Å². The third kappa shape index (κ3) is 5.96. The quantitative estimate of drug-likeness (QED) is 0.532. The molecule has 2 rings (SSSR count). The molecule has 25 heavy (non-hydrogen) atoms. The Morgan fingerprint density at radius 1 is 1.28 bits per heavy atom. The molecule has 0 aromatic heterocycles. The highest BCUT2D eigenvalue weighted by Gasteiger charge is 2.45. The van der Waals surface area contributed by atoms with Crippen molar-refractivity contribution < 1.29 is 23.7 Å². The normalized spacial score (nSPS) is 23.7. The van der Waals surface area contributed by atoms with Crippen molar-refractivity contribution in [1.29, 1.82) is 0 Å². The van der Waals surface area contributed by atoms with E-state index in [1.54, 1.807) is 0 Å². The van der Waals surface area contributed by atoms with Crippen LogP contribution in [0.25, 0.3) is 0 Å². The Kier molecular flexibility index (Phi) is 7.17. The molecule has 0 aliphatic carbocycles. The maximum Gasteiger partial charge on any atom is 0.306 e. The molecule has 1 fully saturated rings. The number of rotatable bonds is 8. The van der Waals surface area contributed by atoms with Crippen molar-refractivity contribution in [3.63, 3.8) is 0 Å². The van der Waals surface area contributed by atoms with Gasteiger partial charge >= 0.3 is 5.97 Å². The number of benzene rings is 1. The van der Waals surface area contributed by atoms with E-state index in [4.69, 9.17) is 18.9 Å². The van der Waals surface area contributed by atoms with E-state index in [2.05, 4.69) is 0 Å². The fourth-order valence-corrected chi connectivity index (χ4v) is 3.04.